The van der Waals surface area contributed by atoms with Gasteiger partial charge >= 0.3 is 5.97 Å². The van der Waals surface area contributed by atoms with Crippen molar-refractivity contribution in [1.29, 1.82) is 0 Å². The van der Waals surface area contributed by atoms with Crippen molar-refractivity contribution in [2.75, 3.05) is 11.9 Å². The molecular formula is C26H27NO4. The number of benzene rings is 3. The van der Waals surface area contributed by atoms with Crippen LogP contribution in [0.3, 0.4) is 0 Å². The van der Waals surface area contributed by atoms with E-state index in [1.165, 1.54) is 5.56 Å². The highest BCUT2D eigenvalue weighted by molar-refractivity contribution is 5.94. The zero-order valence-electron chi connectivity index (χ0n) is 17.7. The van der Waals surface area contributed by atoms with Crippen LogP contribution in [0.15, 0.2) is 84.9 Å². The van der Waals surface area contributed by atoms with E-state index in [0.717, 1.165) is 6.42 Å². The van der Waals surface area contributed by atoms with E-state index in [1.807, 2.05) is 24.3 Å². The average Bonchev–Trinajstić information content (AvgIpc) is 2.83. The lowest BCUT2D eigenvalue weighted by molar-refractivity contribution is -0.163. The molecule has 0 saturated carbocycles. The monoisotopic (exact) mass is 417 g/mol. The summed E-state index contributed by atoms with van der Waals surface area (Å²) in [6, 6.07) is 24.7. The van der Waals surface area contributed by atoms with Crippen LogP contribution in [0.25, 0.3) is 0 Å². The summed E-state index contributed by atoms with van der Waals surface area (Å²) in [5.41, 5.74) is 0.539. The van der Waals surface area contributed by atoms with Crippen LogP contribution in [-0.2, 0) is 19.9 Å². The smallest absolute Gasteiger partial charge is 0.348 e. The lowest BCUT2D eigenvalue weighted by Gasteiger charge is -2.27. The Morgan fingerprint density at radius 2 is 1.42 bits per heavy atom. The molecule has 1 amide bonds. The van der Waals surface area contributed by atoms with Crippen molar-refractivity contribution in [2.45, 2.75) is 31.8 Å². The standard InChI is InChI=1S/C26H27NO4/c1-3-19(2)20-14-16-23(17-15-20)27-24(28)18-31-25(29)26(30,21-10-6-4-7-11-21)22-12-8-5-9-13-22/h4-17,19,30H,3,18H2,1-2H3,(H,27,28)/t19-/m0/s1. The SMILES string of the molecule is CC[C@H](C)c1ccc(NC(=O)COC(=O)C(O)(c2ccccc2)c2ccccc2)cc1. The number of hydrogen-bond acceptors (Lipinski definition) is 4. The molecule has 0 fully saturated rings. The minimum atomic E-state index is -2.01. The number of nitrogens with one attached hydrogen (secondary N) is 1. The second-order valence-electron chi connectivity index (χ2n) is 7.50. The third-order valence-electron chi connectivity index (χ3n) is 5.39. The first-order valence-corrected chi connectivity index (χ1v) is 10.4. The Hall–Kier alpha value is -3.44. The third-order valence-corrected chi connectivity index (χ3v) is 5.39. The third kappa shape index (κ3) is 5.19. The lowest BCUT2D eigenvalue weighted by Crippen LogP contribution is -2.39. The van der Waals surface area contributed by atoms with Crippen LogP contribution >= 0.6 is 0 Å². The van der Waals surface area contributed by atoms with Gasteiger partial charge in [0.25, 0.3) is 5.91 Å². The van der Waals surface area contributed by atoms with Crippen molar-refractivity contribution in [3.63, 3.8) is 0 Å². The molecule has 31 heavy (non-hydrogen) atoms. The molecule has 2 N–H and O–H groups in total. The Morgan fingerprint density at radius 1 is 0.903 bits per heavy atom. The van der Waals surface area contributed by atoms with Gasteiger partial charge in [-0.3, -0.25) is 4.79 Å². The van der Waals surface area contributed by atoms with Crippen LogP contribution in [0.5, 0.6) is 0 Å². The van der Waals surface area contributed by atoms with Gasteiger partial charge in [0.2, 0.25) is 5.60 Å². The van der Waals surface area contributed by atoms with Gasteiger partial charge in [-0.15, -0.1) is 0 Å². The maximum Gasteiger partial charge on any atom is 0.348 e. The molecule has 0 bridgehead atoms. The van der Waals surface area contributed by atoms with Crippen molar-refractivity contribution in [3.8, 4) is 0 Å². The number of rotatable bonds is 8. The van der Waals surface area contributed by atoms with Crippen LogP contribution in [0.1, 0.15) is 42.9 Å². The van der Waals surface area contributed by atoms with Gasteiger partial charge in [0.05, 0.1) is 0 Å². The average molecular weight is 418 g/mol. The predicted molar refractivity (Wildman–Crippen MR) is 121 cm³/mol. The summed E-state index contributed by atoms with van der Waals surface area (Å²) in [7, 11) is 0. The summed E-state index contributed by atoms with van der Waals surface area (Å²) in [5.74, 6) is -0.945. The summed E-state index contributed by atoms with van der Waals surface area (Å²) in [4.78, 5) is 25.2. The first kappa shape index (κ1) is 22.2. The normalized spacial score (nSPS) is 12.1. The summed E-state index contributed by atoms with van der Waals surface area (Å²) < 4.78 is 5.23. The number of hydrogen-bond donors (Lipinski definition) is 2. The van der Waals surface area contributed by atoms with Crippen molar-refractivity contribution in [2.24, 2.45) is 0 Å². The van der Waals surface area contributed by atoms with Gasteiger partial charge in [0, 0.05) is 5.69 Å². The second kappa shape index (κ2) is 10.0. The van der Waals surface area contributed by atoms with Crippen LogP contribution in [0, 0.1) is 0 Å². The highest BCUT2D eigenvalue weighted by Crippen LogP contribution is 2.31. The number of ether oxygens (including phenoxy) is 1. The minimum absolute atomic E-state index is 0.368. The molecule has 0 aliphatic heterocycles. The molecule has 0 spiro atoms. The number of carbonyl (C=O) groups excluding carboxylic acids is 2. The Bertz CT molecular complexity index is 961. The van der Waals surface area contributed by atoms with Gasteiger partial charge in [0.1, 0.15) is 0 Å². The predicted octanol–water partition coefficient (Wildman–Crippen LogP) is 4.62. The zero-order valence-corrected chi connectivity index (χ0v) is 17.7. The van der Waals surface area contributed by atoms with Crippen LogP contribution in [0.2, 0.25) is 0 Å². The molecular weight excluding hydrogens is 390 g/mol. The van der Waals surface area contributed by atoms with Gasteiger partial charge in [-0.2, -0.15) is 0 Å². The fraction of sp³-hybridized carbons (Fsp3) is 0.231. The first-order valence-electron chi connectivity index (χ1n) is 10.4. The Morgan fingerprint density at radius 3 is 1.90 bits per heavy atom. The van der Waals surface area contributed by atoms with Crippen molar-refractivity contribution in [1.82, 2.24) is 0 Å². The maximum absolute atomic E-state index is 12.9. The van der Waals surface area contributed by atoms with E-state index in [-0.39, 0.29) is 0 Å². The van der Waals surface area contributed by atoms with E-state index in [0.29, 0.717) is 22.7 Å². The summed E-state index contributed by atoms with van der Waals surface area (Å²) >= 11 is 0. The van der Waals surface area contributed by atoms with E-state index in [2.05, 4.69) is 19.2 Å². The van der Waals surface area contributed by atoms with Gasteiger partial charge in [-0.1, -0.05) is 86.6 Å². The molecule has 160 valence electrons. The van der Waals surface area contributed by atoms with Gasteiger partial charge < -0.3 is 15.2 Å². The molecule has 0 radical (unpaired) electrons. The highest BCUT2D eigenvalue weighted by Gasteiger charge is 2.41. The summed E-state index contributed by atoms with van der Waals surface area (Å²) in [6.45, 7) is 3.77. The van der Waals surface area contributed by atoms with Crippen molar-refractivity contribution < 1.29 is 19.4 Å². The number of anilines is 1. The van der Waals surface area contributed by atoms with Crippen molar-refractivity contribution >= 4 is 17.6 Å². The quantitative estimate of drug-likeness (QED) is 0.525. The van der Waals surface area contributed by atoms with Crippen LogP contribution in [0.4, 0.5) is 5.69 Å². The molecule has 0 aliphatic rings. The molecule has 3 aromatic rings. The molecule has 3 aromatic carbocycles. The molecule has 0 aromatic heterocycles. The van der Waals surface area contributed by atoms with E-state index >= 15 is 0 Å². The number of aliphatic hydroxyl groups is 1. The van der Waals surface area contributed by atoms with E-state index in [1.54, 1.807) is 60.7 Å². The molecule has 1 atom stereocenters. The number of amides is 1. The van der Waals surface area contributed by atoms with E-state index < -0.39 is 24.1 Å². The van der Waals surface area contributed by atoms with E-state index in [9.17, 15) is 14.7 Å². The lowest BCUT2D eigenvalue weighted by atomic mass is 9.86. The van der Waals surface area contributed by atoms with Gasteiger partial charge in [-0.25, -0.2) is 4.79 Å². The zero-order chi connectivity index (χ0) is 22.3. The molecule has 0 unspecified atom stereocenters. The van der Waals surface area contributed by atoms with Crippen molar-refractivity contribution in [3.05, 3.63) is 102 Å². The molecule has 5 nitrogen and oxygen atoms in total. The molecule has 3 rings (SSSR count). The fourth-order valence-electron chi connectivity index (χ4n) is 3.32. The Labute approximate surface area is 182 Å². The minimum Gasteiger partial charge on any atom is -0.453 e. The molecule has 0 heterocycles. The topological polar surface area (TPSA) is 75.6 Å². The second-order valence-corrected chi connectivity index (χ2v) is 7.50. The number of carbonyl (C=O) groups is 2. The Kier molecular flexibility index (Phi) is 7.21. The molecule has 0 aliphatic carbocycles. The first-order chi connectivity index (χ1) is 14.9. The largest absolute Gasteiger partial charge is 0.453 e. The Balaban J connectivity index is 1.69. The number of esters is 1. The summed E-state index contributed by atoms with van der Waals surface area (Å²) in [6.07, 6.45) is 1.04. The van der Waals surface area contributed by atoms with Crippen LogP contribution < -0.4 is 5.32 Å². The van der Waals surface area contributed by atoms with Gasteiger partial charge in [-0.05, 0) is 41.2 Å². The maximum atomic E-state index is 12.9. The highest BCUT2D eigenvalue weighted by atomic mass is 16.6. The van der Waals surface area contributed by atoms with E-state index in [4.69, 9.17) is 4.74 Å². The fourth-order valence-corrected chi connectivity index (χ4v) is 3.32. The molecule has 0 saturated heterocycles. The van der Waals surface area contributed by atoms with Gasteiger partial charge in [0.15, 0.2) is 6.61 Å². The molecule has 5 heteroatoms. The summed E-state index contributed by atoms with van der Waals surface area (Å²) in [5, 5.41) is 14.0. The van der Waals surface area contributed by atoms with Crippen LogP contribution in [-0.4, -0.2) is 23.6 Å².